The monoisotopic (exact) mass is 406 g/mol. The van der Waals surface area contributed by atoms with E-state index in [2.05, 4.69) is 5.32 Å². The molecule has 1 aliphatic heterocycles. The highest BCUT2D eigenvalue weighted by Crippen LogP contribution is 2.33. The van der Waals surface area contributed by atoms with Crippen LogP contribution in [-0.2, 0) is 11.0 Å². The lowest BCUT2D eigenvalue weighted by Gasteiger charge is -2.20. The largest absolute Gasteiger partial charge is 0.489 e. The lowest BCUT2D eigenvalue weighted by Crippen LogP contribution is -2.27. The Morgan fingerprint density at radius 3 is 2.62 bits per heavy atom. The fourth-order valence-electron chi connectivity index (χ4n) is 3.44. The van der Waals surface area contributed by atoms with Gasteiger partial charge in [-0.3, -0.25) is 4.79 Å². The Labute approximate surface area is 168 Å². The second-order valence-electron chi connectivity index (χ2n) is 7.21. The molecule has 2 aromatic carbocycles. The molecule has 0 radical (unpaired) electrons. The Morgan fingerprint density at radius 1 is 1.24 bits per heavy atom. The van der Waals surface area contributed by atoms with Crippen LogP contribution in [0.2, 0.25) is 0 Å². The van der Waals surface area contributed by atoms with Crippen molar-refractivity contribution < 1.29 is 22.7 Å². The number of ether oxygens (including phenoxy) is 1. The van der Waals surface area contributed by atoms with Gasteiger partial charge in [-0.2, -0.15) is 13.2 Å². The van der Waals surface area contributed by atoms with Crippen molar-refractivity contribution in [1.82, 2.24) is 5.32 Å². The third-order valence-electron chi connectivity index (χ3n) is 5.11. The summed E-state index contributed by atoms with van der Waals surface area (Å²) >= 11 is 0. The van der Waals surface area contributed by atoms with Gasteiger partial charge in [0.25, 0.3) is 0 Å². The summed E-state index contributed by atoms with van der Waals surface area (Å²) in [5.41, 5.74) is 0.813. The molecule has 0 spiro atoms. The fourth-order valence-corrected chi connectivity index (χ4v) is 3.44. The summed E-state index contributed by atoms with van der Waals surface area (Å²) in [6, 6.07) is 12.8. The quantitative estimate of drug-likeness (QED) is 0.762. The molecule has 1 aliphatic rings. The van der Waals surface area contributed by atoms with Crippen LogP contribution in [0, 0.1) is 0 Å². The van der Waals surface area contributed by atoms with Crippen molar-refractivity contribution >= 4 is 11.6 Å². The van der Waals surface area contributed by atoms with Crippen molar-refractivity contribution in [2.45, 2.75) is 38.5 Å². The molecule has 0 bridgehead atoms. The number of likely N-dealkylation sites (N-methyl/N-ethyl adjacent to an activating group) is 1. The number of carbonyl (C=O) groups excluding carboxylic acids is 1. The van der Waals surface area contributed by atoms with Gasteiger partial charge in [0.15, 0.2) is 0 Å². The molecule has 0 saturated carbocycles. The molecule has 4 nitrogen and oxygen atoms in total. The van der Waals surface area contributed by atoms with Crippen LogP contribution < -0.4 is 15.0 Å². The van der Waals surface area contributed by atoms with Crippen LogP contribution in [0.5, 0.6) is 5.75 Å². The van der Waals surface area contributed by atoms with Crippen molar-refractivity contribution in [3.8, 4) is 5.75 Å². The minimum atomic E-state index is -4.35. The third-order valence-corrected chi connectivity index (χ3v) is 5.11. The molecule has 2 aromatic rings. The number of carbonyl (C=O) groups is 1. The maximum atomic E-state index is 12.9. The zero-order valence-corrected chi connectivity index (χ0v) is 16.5. The molecular formula is C22H25F3N2O2. The van der Waals surface area contributed by atoms with Crippen molar-refractivity contribution in [1.29, 1.82) is 0 Å². The first-order chi connectivity index (χ1) is 13.8. The topological polar surface area (TPSA) is 41.6 Å². The average Bonchev–Trinajstić information content (AvgIpc) is 3.16. The standard InChI is InChI=1S/C22H25F3N2O2/c1-3-26-21(28)15(2)16-7-9-19(10-8-16)29-20-11-12-27(14-20)18-6-4-5-17(13-18)22(23,24)25/h4-10,13,15,20H,3,11-12,14H2,1-2H3,(H,26,28)/t15?,20-/m1/s1. The SMILES string of the molecule is CCNC(=O)C(C)c1ccc(O[C@@H]2CCN(c3cccc(C(F)(F)F)c3)C2)cc1. The van der Waals surface area contributed by atoms with Crippen LogP contribution in [0.15, 0.2) is 48.5 Å². The highest BCUT2D eigenvalue weighted by atomic mass is 19.4. The van der Waals surface area contributed by atoms with Gasteiger partial charge in [-0.1, -0.05) is 18.2 Å². The second-order valence-corrected chi connectivity index (χ2v) is 7.21. The number of rotatable bonds is 6. The Hall–Kier alpha value is -2.70. The van der Waals surface area contributed by atoms with E-state index in [9.17, 15) is 18.0 Å². The lowest BCUT2D eigenvalue weighted by molar-refractivity contribution is -0.137. The number of amides is 1. The number of nitrogens with one attached hydrogen (secondary N) is 1. The maximum Gasteiger partial charge on any atom is 0.416 e. The lowest BCUT2D eigenvalue weighted by atomic mass is 10.0. The number of benzene rings is 2. The molecule has 1 heterocycles. The van der Waals surface area contributed by atoms with Crippen molar-refractivity contribution in [2.24, 2.45) is 0 Å². The van der Waals surface area contributed by atoms with Crippen LogP contribution in [-0.4, -0.2) is 31.6 Å². The summed E-state index contributed by atoms with van der Waals surface area (Å²) < 4.78 is 44.8. The van der Waals surface area contributed by atoms with Crippen molar-refractivity contribution in [2.75, 3.05) is 24.5 Å². The predicted molar refractivity (Wildman–Crippen MR) is 106 cm³/mol. The van der Waals surface area contributed by atoms with Gasteiger partial charge in [0, 0.05) is 25.2 Å². The first-order valence-electron chi connectivity index (χ1n) is 9.74. The number of hydrogen-bond donors (Lipinski definition) is 1. The van der Waals surface area contributed by atoms with Gasteiger partial charge in [0.05, 0.1) is 18.0 Å². The second kappa shape index (κ2) is 8.76. The van der Waals surface area contributed by atoms with Gasteiger partial charge in [-0.05, 0) is 49.7 Å². The van der Waals surface area contributed by atoms with E-state index in [0.29, 0.717) is 31.1 Å². The molecule has 0 aromatic heterocycles. The van der Waals surface area contributed by atoms with E-state index in [0.717, 1.165) is 18.1 Å². The van der Waals surface area contributed by atoms with Crippen molar-refractivity contribution in [3.05, 3.63) is 59.7 Å². The molecule has 1 unspecified atom stereocenters. The Balaban J connectivity index is 1.60. The Bertz CT molecular complexity index is 837. The van der Waals surface area contributed by atoms with Crippen LogP contribution in [0.3, 0.4) is 0 Å². The Kier molecular flexibility index (Phi) is 6.35. The van der Waals surface area contributed by atoms with Crippen molar-refractivity contribution in [3.63, 3.8) is 0 Å². The van der Waals surface area contributed by atoms with Gasteiger partial charge < -0.3 is 15.0 Å². The molecule has 2 atom stereocenters. The average molecular weight is 406 g/mol. The number of hydrogen-bond acceptors (Lipinski definition) is 3. The molecule has 29 heavy (non-hydrogen) atoms. The number of alkyl halides is 3. The highest BCUT2D eigenvalue weighted by molar-refractivity contribution is 5.83. The van der Waals surface area contributed by atoms with Crippen LogP contribution in [0.4, 0.5) is 18.9 Å². The highest BCUT2D eigenvalue weighted by Gasteiger charge is 2.32. The maximum absolute atomic E-state index is 12.9. The smallest absolute Gasteiger partial charge is 0.416 e. The van der Waals surface area contributed by atoms with E-state index < -0.39 is 11.7 Å². The summed E-state index contributed by atoms with van der Waals surface area (Å²) in [4.78, 5) is 13.9. The van der Waals surface area contributed by atoms with E-state index in [4.69, 9.17) is 4.74 Å². The molecule has 1 N–H and O–H groups in total. The zero-order chi connectivity index (χ0) is 21.0. The summed E-state index contributed by atoms with van der Waals surface area (Å²) in [5.74, 6) is 0.424. The molecule has 0 aliphatic carbocycles. The number of halogens is 3. The van der Waals surface area contributed by atoms with Gasteiger partial charge in [0.2, 0.25) is 5.91 Å². The van der Waals surface area contributed by atoms with Crippen LogP contribution >= 0.6 is 0 Å². The zero-order valence-electron chi connectivity index (χ0n) is 16.5. The van der Waals surface area contributed by atoms with Gasteiger partial charge >= 0.3 is 6.18 Å². The normalized spacial score (nSPS) is 17.8. The van der Waals surface area contributed by atoms with Gasteiger partial charge in [-0.15, -0.1) is 0 Å². The summed E-state index contributed by atoms with van der Waals surface area (Å²) in [6.45, 7) is 5.49. The van der Waals surface area contributed by atoms with E-state index >= 15 is 0 Å². The fraction of sp³-hybridized carbons (Fsp3) is 0.409. The molecule has 7 heteroatoms. The van der Waals surface area contributed by atoms with Crippen LogP contribution in [0.25, 0.3) is 0 Å². The van der Waals surface area contributed by atoms with E-state index in [1.165, 1.54) is 12.1 Å². The van der Waals surface area contributed by atoms with Gasteiger partial charge in [0.1, 0.15) is 11.9 Å². The molecule has 1 amide bonds. The minimum absolute atomic E-state index is 0.0197. The third kappa shape index (κ3) is 5.22. The molecular weight excluding hydrogens is 381 g/mol. The summed E-state index contributed by atoms with van der Waals surface area (Å²) in [7, 11) is 0. The first kappa shape index (κ1) is 21.0. The van der Waals surface area contributed by atoms with E-state index in [1.54, 1.807) is 6.07 Å². The molecule has 156 valence electrons. The first-order valence-corrected chi connectivity index (χ1v) is 9.74. The van der Waals surface area contributed by atoms with E-state index in [1.807, 2.05) is 43.0 Å². The van der Waals surface area contributed by atoms with E-state index in [-0.39, 0.29) is 17.9 Å². The number of nitrogens with zero attached hydrogens (tertiary/aromatic N) is 1. The van der Waals surface area contributed by atoms with Crippen LogP contribution in [0.1, 0.15) is 37.3 Å². The Morgan fingerprint density at radius 2 is 1.97 bits per heavy atom. The molecule has 1 saturated heterocycles. The number of anilines is 1. The summed E-state index contributed by atoms with van der Waals surface area (Å²) in [5, 5.41) is 2.80. The summed E-state index contributed by atoms with van der Waals surface area (Å²) in [6.07, 6.45) is -3.72. The minimum Gasteiger partial charge on any atom is -0.489 e. The molecule has 1 fully saturated rings. The molecule has 3 rings (SSSR count). The predicted octanol–water partition coefficient (Wildman–Crippen LogP) is 4.60. The van der Waals surface area contributed by atoms with Gasteiger partial charge in [-0.25, -0.2) is 0 Å².